The minimum Gasteiger partial charge on any atom is -0.486 e. The summed E-state index contributed by atoms with van der Waals surface area (Å²) in [6, 6.07) is 3.52. The van der Waals surface area contributed by atoms with Crippen molar-refractivity contribution < 1.29 is 14.3 Å². The maximum absolute atomic E-state index is 13.3. The average molecular weight is 432 g/mol. The number of nitrogens with zero attached hydrogens (tertiary/aromatic N) is 4. The molecule has 0 unspecified atom stereocenters. The van der Waals surface area contributed by atoms with E-state index in [0.29, 0.717) is 79.4 Å². The Morgan fingerprint density at radius 2 is 1.83 bits per heavy atom. The molecule has 0 saturated carbocycles. The number of thiocarbonyl (C=S) groups is 1. The van der Waals surface area contributed by atoms with Crippen LogP contribution in [0.3, 0.4) is 0 Å². The maximum Gasteiger partial charge on any atom is 0.262 e. The molecule has 3 heterocycles. The van der Waals surface area contributed by atoms with Crippen molar-refractivity contribution in [2.24, 2.45) is 0 Å². The lowest BCUT2D eigenvalue weighted by molar-refractivity contribution is -0.117. The number of ether oxygens (including phenoxy) is 2. The highest BCUT2D eigenvalue weighted by Gasteiger charge is 2.24. The van der Waals surface area contributed by atoms with E-state index in [1.165, 1.54) is 6.92 Å². The van der Waals surface area contributed by atoms with E-state index in [2.05, 4.69) is 10.2 Å². The number of rotatable bonds is 3. The zero-order chi connectivity index (χ0) is 21.3. The van der Waals surface area contributed by atoms with Crippen LogP contribution in [0.2, 0.25) is 0 Å². The molecule has 2 aliphatic rings. The van der Waals surface area contributed by atoms with Gasteiger partial charge in [0, 0.05) is 45.7 Å². The van der Waals surface area contributed by atoms with Crippen molar-refractivity contribution in [1.29, 1.82) is 0 Å². The lowest BCUT2D eigenvalue weighted by Gasteiger charge is -2.37. The van der Waals surface area contributed by atoms with Crippen molar-refractivity contribution in [2.45, 2.75) is 26.8 Å². The first-order chi connectivity index (χ1) is 14.5. The van der Waals surface area contributed by atoms with E-state index < -0.39 is 0 Å². The summed E-state index contributed by atoms with van der Waals surface area (Å²) < 4.78 is 13.0. The third kappa shape index (κ3) is 3.91. The summed E-state index contributed by atoms with van der Waals surface area (Å²) in [4.78, 5) is 33.4. The summed E-state index contributed by atoms with van der Waals surface area (Å²) in [6.07, 6.45) is 0.817. The number of hydrogen-bond donors (Lipinski definition) is 1. The van der Waals surface area contributed by atoms with Gasteiger partial charge in [-0.1, -0.05) is 6.92 Å². The summed E-state index contributed by atoms with van der Waals surface area (Å²) in [5, 5.41) is 3.63. The summed E-state index contributed by atoms with van der Waals surface area (Å²) in [5.74, 6) is 1.68. The van der Waals surface area contributed by atoms with Crippen LogP contribution in [0, 0.1) is 0 Å². The Bertz CT molecular complexity index is 1050. The van der Waals surface area contributed by atoms with Crippen LogP contribution in [0.5, 0.6) is 11.5 Å². The highest BCUT2D eigenvalue weighted by molar-refractivity contribution is 7.80. The van der Waals surface area contributed by atoms with Gasteiger partial charge >= 0.3 is 0 Å². The van der Waals surface area contributed by atoms with Crippen molar-refractivity contribution in [3.05, 3.63) is 22.5 Å². The van der Waals surface area contributed by atoms with Gasteiger partial charge in [-0.25, -0.2) is 4.98 Å². The van der Waals surface area contributed by atoms with Gasteiger partial charge in [-0.3, -0.25) is 14.2 Å². The van der Waals surface area contributed by atoms with E-state index in [1.54, 1.807) is 16.7 Å². The van der Waals surface area contributed by atoms with E-state index in [1.807, 2.05) is 11.8 Å². The predicted octanol–water partition coefficient (Wildman–Crippen LogP) is 1.12. The second-order valence-corrected chi connectivity index (χ2v) is 7.73. The number of benzene rings is 1. The van der Waals surface area contributed by atoms with Gasteiger partial charge in [0.1, 0.15) is 13.2 Å². The molecule has 0 aliphatic carbocycles. The molecule has 1 fully saturated rings. The summed E-state index contributed by atoms with van der Waals surface area (Å²) in [5.41, 5.74) is 0.521. The molecule has 0 spiro atoms. The van der Waals surface area contributed by atoms with E-state index >= 15 is 0 Å². The smallest absolute Gasteiger partial charge is 0.262 e. The number of amides is 1. The van der Waals surface area contributed by atoms with Crippen molar-refractivity contribution in [1.82, 2.24) is 19.8 Å². The Hall–Kier alpha value is -2.88. The van der Waals surface area contributed by atoms with Crippen molar-refractivity contribution in [3.63, 3.8) is 0 Å². The third-order valence-electron chi connectivity index (χ3n) is 5.18. The molecule has 30 heavy (non-hydrogen) atoms. The van der Waals surface area contributed by atoms with Crippen molar-refractivity contribution in [2.75, 3.05) is 44.3 Å². The highest BCUT2D eigenvalue weighted by Crippen LogP contribution is 2.33. The van der Waals surface area contributed by atoms with Gasteiger partial charge in [0.25, 0.3) is 5.56 Å². The monoisotopic (exact) mass is 431 g/mol. The lowest BCUT2D eigenvalue weighted by atomic mass is 10.2. The van der Waals surface area contributed by atoms with Gasteiger partial charge in [0.05, 0.1) is 10.9 Å². The zero-order valence-electron chi connectivity index (χ0n) is 17.1. The van der Waals surface area contributed by atoms with Crippen LogP contribution in [0.4, 0.5) is 5.95 Å². The molecule has 0 bridgehead atoms. The summed E-state index contributed by atoms with van der Waals surface area (Å²) >= 11 is 5.29. The number of piperazine rings is 1. The SMILES string of the molecule is CCCn1c(N2CCN(C(=S)NC(C)=O)CC2)nc2cc3c(cc2c1=O)OCCO3. The number of nitrogens with one attached hydrogen (secondary N) is 1. The molecular formula is C20H25N5O4S. The van der Waals surface area contributed by atoms with Crippen LogP contribution in [-0.4, -0.2) is 64.9 Å². The van der Waals surface area contributed by atoms with Crippen LogP contribution >= 0.6 is 12.2 Å². The largest absolute Gasteiger partial charge is 0.486 e. The molecule has 160 valence electrons. The first-order valence-electron chi connectivity index (χ1n) is 10.1. The predicted molar refractivity (Wildman–Crippen MR) is 117 cm³/mol. The second-order valence-electron chi connectivity index (χ2n) is 7.34. The second kappa shape index (κ2) is 8.47. The molecule has 2 aromatic rings. The van der Waals surface area contributed by atoms with Crippen LogP contribution in [0.1, 0.15) is 20.3 Å². The Morgan fingerprint density at radius 3 is 2.47 bits per heavy atom. The van der Waals surface area contributed by atoms with E-state index in [-0.39, 0.29) is 11.5 Å². The van der Waals surface area contributed by atoms with Crippen LogP contribution in [-0.2, 0) is 11.3 Å². The standard InChI is InChI=1S/C20H25N5O4S/c1-3-4-25-18(27)14-11-16-17(29-10-9-28-16)12-15(14)22-19(25)23-5-7-24(8-6-23)20(30)21-13(2)26/h11-12H,3-10H2,1-2H3,(H,21,26,30). The average Bonchev–Trinajstić information content (AvgIpc) is 2.74. The molecule has 4 rings (SSSR count). The van der Waals surface area contributed by atoms with Crippen LogP contribution in [0.25, 0.3) is 10.9 Å². The Morgan fingerprint density at radius 1 is 1.17 bits per heavy atom. The first-order valence-corrected chi connectivity index (χ1v) is 10.5. The van der Waals surface area contributed by atoms with Gasteiger partial charge in [-0.15, -0.1) is 0 Å². The number of hydrogen-bond acceptors (Lipinski definition) is 7. The molecule has 9 nitrogen and oxygen atoms in total. The maximum atomic E-state index is 13.3. The first kappa shape index (κ1) is 20.4. The van der Waals surface area contributed by atoms with Crippen LogP contribution in [0.15, 0.2) is 16.9 Å². The number of fused-ring (bicyclic) bond motifs is 2. The zero-order valence-corrected chi connectivity index (χ0v) is 18.0. The van der Waals surface area contributed by atoms with Crippen molar-refractivity contribution >= 4 is 40.1 Å². The molecule has 1 amide bonds. The fourth-order valence-corrected chi connectivity index (χ4v) is 4.08. The number of anilines is 1. The third-order valence-corrected chi connectivity index (χ3v) is 5.54. The van der Waals surface area contributed by atoms with Gasteiger partial charge < -0.3 is 24.6 Å². The summed E-state index contributed by atoms with van der Waals surface area (Å²) in [7, 11) is 0. The minimum atomic E-state index is -0.176. The fourth-order valence-electron chi connectivity index (χ4n) is 3.75. The molecule has 1 aromatic heterocycles. The molecule has 1 N–H and O–H groups in total. The Labute approximate surface area is 179 Å². The molecule has 0 atom stereocenters. The van der Waals surface area contributed by atoms with Gasteiger partial charge in [0.2, 0.25) is 11.9 Å². The lowest BCUT2D eigenvalue weighted by Crippen LogP contribution is -2.53. The van der Waals surface area contributed by atoms with Gasteiger partial charge in [-0.05, 0) is 24.7 Å². The van der Waals surface area contributed by atoms with E-state index in [4.69, 9.17) is 26.7 Å². The molecule has 1 saturated heterocycles. The topological polar surface area (TPSA) is 88.9 Å². The highest BCUT2D eigenvalue weighted by atomic mass is 32.1. The van der Waals surface area contributed by atoms with Gasteiger partial charge in [-0.2, -0.15) is 0 Å². The Balaban J connectivity index is 1.66. The normalized spacial score (nSPS) is 15.9. The molecule has 0 radical (unpaired) electrons. The van der Waals surface area contributed by atoms with Gasteiger partial charge in [0.15, 0.2) is 16.6 Å². The van der Waals surface area contributed by atoms with E-state index in [9.17, 15) is 9.59 Å². The quantitative estimate of drug-likeness (QED) is 0.724. The van der Waals surface area contributed by atoms with Crippen LogP contribution < -0.4 is 25.2 Å². The number of aromatic nitrogens is 2. The summed E-state index contributed by atoms with van der Waals surface area (Å²) in [6.45, 7) is 7.58. The molecule has 2 aliphatic heterocycles. The molecule has 10 heteroatoms. The molecular weight excluding hydrogens is 406 g/mol. The van der Waals surface area contributed by atoms with Crippen molar-refractivity contribution in [3.8, 4) is 11.5 Å². The Kier molecular flexibility index (Phi) is 5.76. The minimum absolute atomic E-state index is 0.0787. The van der Waals surface area contributed by atoms with E-state index in [0.717, 1.165) is 6.42 Å². The number of carbonyl (C=O) groups is 1. The molecule has 1 aromatic carbocycles. The fraction of sp³-hybridized carbons (Fsp3) is 0.500. The number of carbonyl (C=O) groups excluding carboxylic acids is 1.